The molecule has 1 aliphatic heterocycles. The van der Waals surface area contributed by atoms with Gasteiger partial charge in [-0.25, -0.2) is 0 Å². The van der Waals surface area contributed by atoms with E-state index in [1.54, 1.807) is 13.2 Å². The van der Waals surface area contributed by atoms with E-state index in [0.29, 0.717) is 17.9 Å². The molecule has 1 amide bonds. The molecule has 2 aromatic rings. The molecular weight excluding hydrogens is 266 g/mol. The number of ether oxygens (including phenoxy) is 2. The first kappa shape index (κ1) is 13.5. The summed E-state index contributed by atoms with van der Waals surface area (Å²) in [4.78, 5) is 12.3. The second-order valence-corrected chi connectivity index (χ2v) is 4.97. The first-order valence-corrected chi connectivity index (χ1v) is 6.96. The van der Waals surface area contributed by atoms with Gasteiger partial charge in [0, 0.05) is 11.8 Å². The molecular formula is C17H17NO3. The quantitative estimate of drug-likeness (QED) is 0.942. The lowest BCUT2D eigenvalue weighted by molar-refractivity contribution is -0.123. The van der Waals surface area contributed by atoms with Crippen molar-refractivity contribution in [1.29, 1.82) is 0 Å². The van der Waals surface area contributed by atoms with Crippen LogP contribution in [0, 0.1) is 0 Å². The minimum absolute atomic E-state index is 0.127. The van der Waals surface area contributed by atoms with E-state index in [1.807, 2.05) is 42.5 Å². The molecule has 0 saturated carbocycles. The number of anilines is 1. The number of carbonyl (C=O) groups is 1. The van der Waals surface area contributed by atoms with Crippen molar-refractivity contribution in [3.8, 4) is 11.5 Å². The molecule has 108 valence electrons. The number of para-hydroxylation sites is 1. The van der Waals surface area contributed by atoms with Crippen LogP contribution in [0.15, 0.2) is 48.5 Å². The molecule has 0 spiro atoms. The minimum atomic E-state index is -0.453. The third-order valence-electron chi connectivity index (χ3n) is 3.55. The maximum absolute atomic E-state index is 12.3. The van der Waals surface area contributed by atoms with E-state index in [4.69, 9.17) is 9.47 Å². The fraction of sp³-hybridized carbons (Fsp3) is 0.235. The van der Waals surface area contributed by atoms with Crippen LogP contribution in [0.5, 0.6) is 11.5 Å². The number of benzene rings is 2. The zero-order chi connectivity index (χ0) is 14.7. The van der Waals surface area contributed by atoms with Crippen LogP contribution < -0.4 is 14.8 Å². The van der Waals surface area contributed by atoms with Crippen LogP contribution >= 0.6 is 0 Å². The fourth-order valence-electron chi connectivity index (χ4n) is 2.43. The molecule has 0 fully saturated rings. The lowest BCUT2D eigenvalue weighted by Gasteiger charge is -2.25. The maximum atomic E-state index is 12.3. The van der Waals surface area contributed by atoms with Crippen LogP contribution in [-0.4, -0.2) is 19.1 Å². The highest BCUT2D eigenvalue weighted by Crippen LogP contribution is 2.27. The number of amides is 1. The Labute approximate surface area is 123 Å². The number of carbonyl (C=O) groups excluding carboxylic acids is 1. The van der Waals surface area contributed by atoms with Crippen molar-refractivity contribution < 1.29 is 14.3 Å². The lowest BCUT2D eigenvalue weighted by atomic mass is 10.0. The van der Waals surface area contributed by atoms with Crippen LogP contribution in [0.2, 0.25) is 0 Å². The van der Waals surface area contributed by atoms with Crippen molar-refractivity contribution in [3.63, 3.8) is 0 Å². The molecule has 0 radical (unpaired) electrons. The molecule has 0 aliphatic carbocycles. The highest BCUT2D eigenvalue weighted by Gasteiger charge is 2.25. The molecule has 1 aliphatic rings. The molecule has 1 atom stereocenters. The van der Waals surface area contributed by atoms with Crippen molar-refractivity contribution in [3.05, 3.63) is 54.1 Å². The van der Waals surface area contributed by atoms with Gasteiger partial charge in [-0.1, -0.05) is 24.3 Å². The van der Waals surface area contributed by atoms with E-state index >= 15 is 0 Å². The van der Waals surface area contributed by atoms with Gasteiger partial charge in [0.05, 0.1) is 7.11 Å². The van der Waals surface area contributed by atoms with E-state index in [2.05, 4.69) is 5.32 Å². The van der Waals surface area contributed by atoms with Crippen molar-refractivity contribution in [2.24, 2.45) is 0 Å². The van der Waals surface area contributed by atoms with E-state index in [9.17, 15) is 4.79 Å². The summed E-state index contributed by atoms with van der Waals surface area (Å²) in [5.41, 5.74) is 1.87. The van der Waals surface area contributed by atoms with Crippen LogP contribution in [0.3, 0.4) is 0 Å². The normalized spacial score (nSPS) is 16.5. The minimum Gasteiger partial charge on any atom is -0.497 e. The molecule has 1 heterocycles. The van der Waals surface area contributed by atoms with Gasteiger partial charge in [-0.15, -0.1) is 0 Å². The van der Waals surface area contributed by atoms with E-state index < -0.39 is 6.10 Å². The summed E-state index contributed by atoms with van der Waals surface area (Å²) in [5.74, 6) is 1.38. The van der Waals surface area contributed by atoms with Gasteiger partial charge in [0.2, 0.25) is 0 Å². The molecule has 1 N–H and O–H groups in total. The number of nitrogens with one attached hydrogen (secondary N) is 1. The van der Waals surface area contributed by atoms with Gasteiger partial charge in [0.1, 0.15) is 11.5 Å². The number of fused-ring (bicyclic) bond motifs is 1. The van der Waals surface area contributed by atoms with Crippen molar-refractivity contribution in [2.45, 2.75) is 18.9 Å². The first-order valence-electron chi connectivity index (χ1n) is 6.96. The Hall–Kier alpha value is -2.49. The van der Waals surface area contributed by atoms with Crippen LogP contribution in [0.1, 0.15) is 12.0 Å². The average molecular weight is 283 g/mol. The SMILES string of the molecule is COc1cccc(NC(=O)C2CCc3ccccc3O2)c1. The molecule has 0 bridgehead atoms. The highest BCUT2D eigenvalue weighted by atomic mass is 16.5. The monoisotopic (exact) mass is 283 g/mol. The zero-order valence-electron chi connectivity index (χ0n) is 11.8. The maximum Gasteiger partial charge on any atom is 0.265 e. The number of rotatable bonds is 3. The van der Waals surface area contributed by atoms with Crippen molar-refractivity contribution in [2.75, 3.05) is 12.4 Å². The largest absolute Gasteiger partial charge is 0.497 e. The molecule has 2 aromatic carbocycles. The number of aryl methyl sites for hydroxylation is 1. The summed E-state index contributed by atoms with van der Waals surface area (Å²) in [7, 11) is 1.60. The van der Waals surface area contributed by atoms with Crippen LogP contribution in [0.4, 0.5) is 5.69 Å². The summed E-state index contributed by atoms with van der Waals surface area (Å²) in [6.45, 7) is 0. The molecule has 1 unspecified atom stereocenters. The van der Waals surface area contributed by atoms with Crippen LogP contribution in [-0.2, 0) is 11.2 Å². The van der Waals surface area contributed by atoms with Gasteiger partial charge in [0.15, 0.2) is 6.10 Å². The van der Waals surface area contributed by atoms with Crippen LogP contribution in [0.25, 0.3) is 0 Å². The lowest BCUT2D eigenvalue weighted by Crippen LogP contribution is -2.35. The second-order valence-electron chi connectivity index (χ2n) is 4.97. The fourth-order valence-corrected chi connectivity index (χ4v) is 2.43. The molecule has 0 saturated heterocycles. The predicted molar refractivity (Wildman–Crippen MR) is 80.8 cm³/mol. The summed E-state index contributed by atoms with van der Waals surface area (Å²) in [6, 6.07) is 15.1. The summed E-state index contributed by atoms with van der Waals surface area (Å²) in [5, 5.41) is 2.87. The second kappa shape index (κ2) is 5.87. The summed E-state index contributed by atoms with van der Waals surface area (Å²) in [6.07, 6.45) is 1.09. The van der Waals surface area contributed by atoms with Gasteiger partial charge in [-0.05, 0) is 36.6 Å². The Morgan fingerprint density at radius 3 is 2.95 bits per heavy atom. The van der Waals surface area contributed by atoms with E-state index in [1.165, 1.54) is 0 Å². The zero-order valence-corrected chi connectivity index (χ0v) is 11.8. The number of methoxy groups -OCH3 is 1. The molecule has 4 heteroatoms. The van der Waals surface area contributed by atoms with Gasteiger partial charge in [-0.3, -0.25) is 4.79 Å². The molecule has 4 nitrogen and oxygen atoms in total. The highest BCUT2D eigenvalue weighted by molar-refractivity contribution is 5.94. The Morgan fingerprint density at radius 1 is 1.24 bits per heavy atom. The molecule has 3 rings (SSSR count). The van der Waals surface area contributed by atoms with Crippen molar-refractivity contribution in [1.82, 2.24) is 0 Å². The number of hydrogen-bond donors (Lipinski definition) is 1. The first-order chi connectivity index (χ1) is 10.3. The molecule has 21 heavy (non-hydrogen) atoms. The Morgan fingerprint density at radius 2 is 2.10 bits per heavy atom. The molecule has 0 aromatic heterocycles. The Kier molecular flexibility index (Phi) is 3.77. The third-order valence-corrected chi connectivity index (χ3v) is 3.55. The predicted octanol–water partition coefficient (Wildman–Crippen LogP) is 3.03. The van der Waals surface area contributed by atoms with Gasteiger partial charge in [0.25, 0.3) is 5.91 Å². The summed E-state index contributed by atoms with van der Waals surface area (Å²) >= 11 is 0. The average Bonchev–Trinajstić information content (AvgIpc) is 2.54. The van der Waals surface area contributed by atoms with Gasteiger partial charge in [-0.2, -0.15) is 0 Å². The smallest absolute Gasteiger partial charge is 0.265 e. The Bertz CT molecular complexity index is 654. The van der Waals surface area contributed by atoms with E-state index in [-0.39, 0.29) is 5.91 Å². The number of hydrogen-bond acceptors (Lipinski definition) is 3. The summed E-state index contributed by atoms with van der Waals surface area (Å²) < 4.78 is 10.9. The van der Waals surface area contributed by atoms with Gasteiger partial charge >= 0.3 is 0 Å². The van der Waals surface area contributed by atoms with Gasteiger partial charge < -0.3 is 14.8 Å². The third kappa shape index (κ3) is 2.99. The van der Waals surface area contributed by atoms with E-state index in [0.717, 1.165) is 17.7 Å². The Balaban J connectivity index is 1.69. The standard InChI is InChI=1S/C17H17NO3/c1-20-14-7-4-6-13(11-14)18-17(19)16-10-9-12-5-2-3-8-15(12)21-16/h2-8,11,16H,9-10H2,1H3,(H,18,19). The topological polar surface area (TPSA) is 47.6 Å². The van der Waals surface area contributed by atoms with Crippen molar-refractivity contribution >= 4 is 11.6 Å².